The third-order valence-electron chi connectivity index (χ3n) is 2.94. The molecule has 4 N–H and O–H groups in total. The minimum absolute atomic E-state index is 0.124. The third-order valence-corrected chi connectivity index (χ3v) is 2.94. The predicted octanol–water partition coefficient (Wildman–Crippen LogP) is 0.636. The lowest BCUT2D eigenvalue weighted by Gasteiger charge is -2.26. The van der Waals surface area contributed by atoms with Gasteiger partial charge in [0.1, 0.15) is 17.5 Å². The quantitative estimate of drug-likeness (QED) is 0.797. The molecular formula is C12H19N5O. The summed E-state index contributed by atoms with van der Waals surface area (Å²) in [5.41, 5.74) is 11.1. The molecule has 0 unspecified atom stereocenters. The van der Waals surface area contributed by atoms with Crippen molar-refractivity contribution in [1.82, 2.24) is 9.97 Å². The summed E-state index contributed by atoms with van der Waals surface area (Å²) in [6.07, 6.45) is 2.22. The van der Waals surface area contributed by atoms with Crippen LogP contribution >= 0.6 is 0 Å². The largest absolute Gasteiger partial charge is 0.384 e. The SMILES string of the molecule is CC(C)N(CC(N)=O)c1cc(N)nc(C2CC2)n1. The van der Waals surface area contributed by atoms with E-state index in [1.807, 2.05) is 18.7 Å². The highest BCUT2D eigenvalue weighted by molar-refractivity contribution is 5.79. The van der Waals surface area contributed by atoms with Crippen LogP contribution in [0.1, 0.15) is 38.4 Å². The molecule has 0 atom stereocenters. The fraction of sp³-hybridized carbons (Fsp3) is 0.583. The van der Waals surface area contributed by atoms with Gasteiger partial charge in [-0.15, -0.1) is 0 Å². The second-order valence-electron chi connectivity index (χ2n) is 4.97. The molecule has 6 nitrogen and oxygen atoms in total. The first-order valence-electron chi connectivity index (χ1n) is 6.16. The molecule has 0 bridgehead atoms. The number of anilines is 2. The Morgan fingerprint density at radius 3 is 2.67 bits per heavy atom. The second-order valence-corrected chi connectivity index (χ2v) is 4.97. The number of carbonyl (C=O) groups is 1. The molecule has 0 aliphatic heterocycles. The molecule has 1 aromatic rings. The van der Waals surface area contributed by atoms with Crippen LogP contribution in [0, 0.1) is 0 Å². The van der Waals surface area contributed by atoms with Gasteiger partial charge in [-0.05, 0) is 26.7 Å². The lowest BCUT2D eigenvalue weighted by atomic mass is 10.3. The molecule has 18 heavy (non-hydrogen) atoms. The maximum Gasteiger partial charge on any atom is 0.237 e. The molecule has 0 spiro atoms. The standard InChI is InChI=1S/C12H19N5O/c1-7(2)17(6-10(14)18)11-5-9(13)15-12(16-11)8-3-4-8/h5,7-8H,3-4,6H2,1-2H3,(H2,14,18)(H2,13,15,16). The Hall–Kier alpha value is -1.85. The number of primary amides is 1. The van der Waals surface area contributed by atoms with Gasteiger partial charge in [-0.1, -0.05) is 0 Å². The van der Waals surface area contributed by atoms with Crippen LogP contribution in [0.4, 0.5) is 11.6 Å². The molecule has 1 aliphatic rings. The average molecular weight is 249 g/mol. The average Bonchev–Trinajstić information content (AvgIpc) is 3.08. The highest BCUT2D eigenvalue weighted by Crippen LogP contribution is 2.39. The second kappa shape index (κ2) is 4.80. The molecule has 0 radical (unpaired) electrons. The summed E-state index contributed by atoms with van der Waals surface area (Å²) in [6.45, 7) is 4.11. The Labute approximate surface area is 106 Å². The van der Waals surface area contributed by atoms with Gasteiger partial charge in [-0.25, -0.2) is 9.97 Å². The Kier molecular flexibility index (Phi) is 3.36. The third kappa shape index (κ3) is 2.88. The van der Waals surface area contributed by atoms with E-state index in [9.17, 15) is 4.79 Å². The molecule has 1 aromatic heterocycles. The van der Waals surface area contributed by atoms with Crippen molar-refractivity contribution < 1.29 is 4.79 Å². The number of nitrogen functional groups attached to an aromatic ring is 1. The van der Waals surface area contributed by atoms with Gasteiger partial charge in [-0.2, -0.15) is 0 Å². The molecule has 1 amide bonds. The number of amides is 1. The summed E-state index contributed by atoms with van der Waals surface area (Å²) < 4.78 is 0. The van der Waals surface area contributed by atoms with Gasteiger partial charge in [0.25, 0.3) is 0 Å². The number of rotatable bonds is 5. The van der Waals surface area contributed by atoms with Gasteiger partial charge in [0.2, 0.25) is 5.91 Å². The fourth-order valence-corrected chi connectivity index (χ4v) is 1.84. The van der Waals surface area contributed by atoms with Crippen LogP contribution in [0.5, 0.6) is 0 Å². The number of hydrogen-bond donors (Lipinski definition) is 2. The summed E-state index contributed by atoms with van der Waals surface area (Å²) in [6, 6.07) is 1.81. The smallest absolute Gasteiger partial charge is 0.237 e. The van der Waals surface area contributed by atoms with Crippen molar-refractivity contribution in [2.45, 2.75) is 38.6 Å². The molecule has 2 rings (SSSR count). The van der Waals surface area contributed by atoms with E-state index in [1.54, 1.807) is 6.07 Å². The first-order valence-corrected chi connectivity index (χ1v) is 6.16. The minimum Gasteiger partial charge on any atom is -0.384 e. The molecule has 1 heterocycles. The van der Waals surface area contributed by atoms with Crippen LogP contribution in [0.25, 0.3) is 0 Å². The highest BCUT2D eigenvalue weighted by atomic mass is 16.1. The lowest BCUT2D eigenvalue weighted by Crippen LogP contribution is -2.39. The number of aromatic nitrogens is 2. The van der Waals surface area contributed by atoms with E-state index in [1.165, 1.54) is 0 Å². The topological polar surface area (TPSA) is 98.1 Å². The lowest BCUT2D eigenvalue weighted by molar-refractivity contribution is -0.116. The van der Waals surface area contributed by atoms with E-state index in [0.717, 1.165) is 18.7 Å². The maximum absolute atomic E-state index is 11.1. The molecule has 1 fully saturated rings. The number of carbonyl (C=O) groups excluding carboxylic acids is 1. The number of hydrogen-bond acceptors (Lipinski definition) is 5. The summed E-state index contributed by atoms with van der Waals surface area (Å²) in [5, 5.41) is 0. The van der Waals surface area contributed by atoms with Crippen LogP contribution in [-0.4, -0.2) is 28.5 Å². The van der Waals surface area contributed by atoms with Crippen LogP contribution in [-0.2, 0) is 4.79 Å². The summed E-state index contributed by atoms with van der Waals surface area (Å²) in [4.78, 5) is 21.7. The van der Waals surface area contributed by atoms with Crippen molar-refractivity contribution in [2.24, 2.45) is 5.73 Å². The van der Waals surface area contributed by atoms with Gasteiger partial charge >= 0.3 is 0 Å². The molecule has 6 heteroatoms. The maximum atomic E-state index is 11.1. The van der Waals surface area contributed by atoms with E-state index in [4.69, 9.17) is 11.5 Å². The van der Waals surface area contributed by atoms with Crippen molar-refractivity contribution in [3.8, 4) is 0 Å². The molecule has 1 saturated carbocycles. The van der Waals surface area contributed by atoms with Crippen LogP contribution in [0.3, 0.4) is 0 Å². The molecule has 1 aliphatic carbocycles. The zero-order chi connectivity index (χ0) is 13.3. The molecule has 0 aromatic carbocycles. The van der Waals surface area contributed by atoms with Crippen LogP contribution in [0.15, 0.2) is 6.07 Å². The number of nitrogens with zero attached hydrogens (tertiary/aromatic N) is 3. The van der Waals surface area contributed by atoms with Gasteiger partial charge in [0.15, 0.2) is 0 Å². The molecular weight excluding hydrogens is 230 g/mol. The summed E-state index contributed by atoms with van der Waals surface area (Å²) >= 11 is 0. The van der Waals surface area contributed by atoms with Gasteiger partial charge in [0, 0.05) is 18.0 Å². The van der Waals surface area contributed by atoms with E-state index in [0.29, 0.717) is 17.6 Å². The Morgan fingerprint density at radius 2 is 2.17 bits per heavy atom. The van der Waals surface area contributed by atoms with Crippen LogP contribution in [0.2, 0.25) is 0 Å². The minimum atomic E-state index is -0.381. The fourth-order valence-electron chi connectivity index (χ4n) is 1.84. The predicted molar refractivity (Wildman–Crippen MR) is 70.1 cm³/mol. The Balaban J connectivity index is 2.30. The number of nitrogens with two attached hydrogens (primary N) is 2. The van der Waals surface area contributed by atoms with Crippen molar-refractivity contribution in [3.63, 3.8) is 0 Å². The highest BCUT2D eigenvalue weighted by Gasteiger charge is 2.28. The van der Waals surface area contributed by atoms with Crippen molar-refractivity contribution >= 4 is 17.5 Å². The molecule has 98 valence electrons. The monoisotopic (exact) mass is 249 g/mol. The normalized spacial score (nSPS) is 14.8. The summed E-state index contributed by atoms with van der Waals surface area (Å²) in [5.74, 6) is 1.94. The van der Waals surface area contributed by atoms with E-state index in [2.05, 4.69) is 9.97 Å². The van der Waals surface area contributed by atoms with E-state index in [-0.39, 0.29) is 18.5 Å². The van der Waals surface area contributed by atoms with Crippen molar-refractivity contribution in [1.29, 1.82) is 0 Å². The summed E-state index contributed by atoms with van der Waals surface area (Å²) in [7, 11) is 0. The van der Waals surface area contributed by atoms with Crippen molar-refractivity contribution in [3.05, 3.63) is 11.9 Å². The Morgan fingerprint density at radius 1 is 1.50 bits per heavy atom. The first kappa shape index (κ1) is 12.6. The van der Waals surface area contributed by atoms with Gasteiger partial charge in [-0.3, -0.25) is 4.79 Å². The van der Waals surface area contributed by atoms with Gasteiger partial charge in [0.05, 0.1) is 6.54 Å². The van der Waals surface area contributed by atoms with E-state index < -0.39 is 0 Å². The Bertz CT molecular complexity index is 456. The van der Waals surface area contributed by atoms with Crippen molar-refractivity contribution in [2.75, 3.05) is 17.2 Å². The van der Waals surface area contributed by atoms with Gasteiger partial charge < -0.3 is 16.4 Å². The zero-order valence-electron chi connectivity index (χ0n) is 10.8. The zero-order valence-corrected chi connectivity index (χ0v) is 10.8. The van der Waals surface area contributed by atoms with E-state index >= 15 is 0 Å². The molecule has 0 saturated heterocycles. The van der Waals surface area contributed by atoms with Crippen LogP contribution < -0.4 is 16.4 Å². The first-order chi connectivity index (χ1) is 8.47.